The molecular weight excluding hydrogens is 248 g/mol. The molecule has 1 heterocycles. The van der Waals surface area contributed by atoms with E-state index in [1.54, 1.807) is 0 Å². The molecule has 2 N–H and O–H groups in total. The minimum Gasteiger partial charge on any atom is -0.361 e. The highest BCUT2D eigenvalue weighted by Gasteiger charge is 2.09. The lowest BCUT2D eigenvalue weighted by molar-refractivity contribution is -0.121. The molecule has 0 radical (unpaired) electrons. The fourth-order valence-electron chi connectivity index (χ4n) is 2.40. The molecular formula is C17H22N2O. The van der Waals surface area contributed by atoms with Gasteiger partial charge in [-0.25, -0.2) is 0 Å². The zero-order valence-corrected chi connectivity index (χ0v) is 12.2. The van der Waals surface area contributed by atoms with E-state index in [1.165, 1.54) is 16.5 Å². The molecule has 0 fully saturated rings. The lowest BCUT2D eigenvalue weighted by Crippen LogP contribution is -2.32. The highest BCUT2D eigenvalue weighted by molar-refractivity contribution is 5.84. The van der Waals surface area contributed by atoms with Gasteiger partial charge in [0.2, 0.25) is 5.91 Å². The quantitative estimate of drug-likeness (QED) is 0.775. The summed E-state index contributed by atoms with van der Waals surface area (Å²) in [5.41, 5.74) is 3.57. The van der Waals surface area contributed by atoms with Crippen LogP contribution in [-0.2, 0) is 11.2 Å². The summed E-state index contributed by atoms with van der Waals surface area (Å²) in [5.74, 6) is 0.0985. The van der Waals surface area contributed by atoms with Crippen LogP contribution in [0.25, 0.3) is 10.9 Å². The molecule has 0 unspecified atom stereocenters. The molecule has 2 aromatic rings. The second-order valence-corrected chi connectivity index (χ2v) is 5.36. The molecule has 2 rings (SSSR count). The molecule has 0 aliphatic carbocycles. The highest BCUT2D eigenvalue weighted by atomic mass is 16.1. The summed E-state index contributed by atoms with van der Waals surface area (Å²) in [7, 11) is 0. The van der Waals surface area contributed by atoms with E-state index in [4.69, 9.17) is 0 Å². The number of benzene rings is 1. The maximum absolute atomic E-state index is 11.9. The van der Waals surface area contributed by atoms with E-state index in [1.807, 2.05) is 19.2 Å². The Morgan fingerprint density at radius 1 is 1.50 bits per heavy atom. The van der Waals surface area contributed by atoms with Crippen LogP contribution < -0.4 is 5.32 Å². The lowest BCUT2D eigenvalue weighted by atomic mass is 10.1. The first-order chi connectivity index (χ1) is 9.60. The van der Waals surface area contributed by atoms with Crippen molar-refractivity contribution in [1.29, 1.82) is 0 Å². The van der Waals surface area contributed by atoms with Gasteiger partial charge in [0.25, 0.3) is 0 Å². The molecule has 20 heavy (non-hydrogen) atoms. The van der Waals surface area contributed by atoms with Crippen molar-refractivity contribution in [2.24, 2.45) is 0 Å². The number of rotatable bonds is 6. The van der Waals surface area contributed by atoms with Gasteiger partial charge in [0.15, 0.2) is 0 Å². The number of nitrogens with one attached hydrogen (secondary N) is 2. The van der Waals surface area contributed by atoms with Gasteiger partial charge in [0.1, 0.15) is 0 Å². The zero-order chi connectivity index (χ0) is 14.5. The fourth-order valence-corrected chi connectivity index (χ4v) is 2.40. The molecule has 3 nitrogen and oxygen atoms in total. The number of carbonyl (C=O) groups excluding carboxylic acids is 1. The van der Waals surface area contributed by atoms with Crippen molar-refractivity contribution in [2.75, 3.05) is 0 Å². The molecule has 1 aromatic carbocycles. The second kappa shape index (κ2) is 6.42. The zero-order valence-electron chi connectivity index (χ0n) is 12.2. The summed E-state index contributed by atoms with van der Waals surface area (Å²) >= 11 is 0. The van der Waals surface area contributed by atoms with Crippen molar-refractivity contribution in [3.63, 3.8) is 0 Å². The third-order valence-corrected chi connectivity index (χ3v) is 3.47. The van der Waals surface area contributed by atoms with Gasteiger partial charge in [-0.15, -0.1) is 6.58 Å². The normalized spacial score (nSPS) is 12.3. The largest absolute Gasteiger partial charge is 0.361 e. The van der Waals surface area contributed by atoms with Gasteiger partial charge >= 0.3 is 0 Å². The first-order valence-corrected chi connectivity index (χ1v) is 7.07. The van der Waals surface area contributed by atoms with Crippen LogP contribution in [0.3, 0.4) is 0 Å². The Labute approximate surface area is 120 Å². The highest BCUT2D eigenvalue weighted by Crippen LogP contribution is 2.20. The Morgan fingerprint density at radius 2 is 2.30 bits per heavy atom. The maximum atomic E-state index is 11.9. The van der Waals surface area contributed by atoms with Crippen molar-refractivity contribution >= 4 is 16.8 Å². The van der Waals surface area contributed by atoms with E-state index in [0.717, 1.165) is 18.4 Å². The van der Waals surface area contributed by atoms with Gasteiger partial charge in [-0.3, -0.25) is 4.79 Å². The number of H-pyrrole nitrogens is 1. The van der Waals surface area contributed by atoms with Crippen LogP contribution in [0.4, 0.5) is 0 Å². The average Bonchev–Trinajstić information content (AvgIpc) is 2.79. The Hall–Kier alpha value is -2.03. The monoisotopic (exact) mass is 270 g/mol. The molecule has 0 spiro atoms. The number of aromatic nitrogens is 1. The van der Waals surface area contributed by atoms with Crippen molar-refractivity contribution in [1.82, 2.24) is 10.3 Å². The molecule has 1 amide bonds. The van der Waals surface area contributed by atoms with Crippen molar-refractivity contribution < 1.29 is 4.79 Å². The van der Waals surface area contributed by atoms with Crippen LogP contribution in [0.5, 0.6) is 0 Å². The number of aromatic amines is 1. The van der Waals surface area contributed by atoms with Gasteiger partial charge in [0.05, 0.1) is 0 Å². The van der Waals surface area contributed by atoms with E-state index in [9.17, 15) is 4.79 Å². The number of carbonyl (C=O) groups is 1. The van der Waals surface area contributed by atoms with Crippen molar-refractivity contribution in [2.45, 2.75) is 39.2 Å². The third kappa shape index (κ3) is 3.50. The SMILES string of the molecule is C=CC[C@@H](C)NC(=O)CCc1c[nH]c2ccc(C)cc12. The summed E-state index contributed by atoms with van der Waals surface area (Å²) < 4.78 is 0. The van der Waals surface area contributed by atoms with E-state index in [0.29, 0.717) is 6.42 Å². The molecule has 0 bridgehead atoms. The number of aryl methyl sites for hydroxylation is 2. The fraction of sp³-hybridized carbons (Fsp3) is 0.353. The molecule has 0 saturated heterocycles. The summed E-state index contributed by atoms with van der Waals surface area (Å²) in [6.45, 7) is 7.76. The minimum atomic E-state index is 0.0985. The van der Waals surface area contributed by atoms with Crippen LogP contribution in [0.15, 0.2) is 37.1 Å². The van der Waals surface area contributed by atoms with Gasteiger partial charge in [-0.1, -0.05) is 17.7 Å². The van der Waals surface area contributed by atoms with Gasteiger partial charge < -0.3 is 10.3 Å². The molecule has 1 atom stereocenters. The maximum Gasteiger partial charge on any atom is 0.220 e. The molecule has 0 aliphatic rings. The van der Waals surface area contributed by atoms with E-state index >= 15 is 0 Å². The Kier molecular flexibility index (Phi) is 4.61. The predicted molar refractivity (Wildman–Crippen MR) is 83.8 cm³/mol. The lowest BCUT2D eigenvalue weighted by Gasteiger charge is -2.11. The van der Waals surface area contributed by atoms with Crippen molar-refractivity contribution in [3.05, 3.63) is 48.2 Å². The molecule has 3 heteroatoms. The van der Waals surface area contributed by atoms with E-state index in [-0.39, 0.29) is 11.9 Å². The molecule has 106 valence electrons. The van der Waals surface area contributed by atoms with E-state index in [2.05, 4.69) is 42.0 Å². The van der Waals surface area contributed by atoms with Gasteiger partial charge in [0, 0.05) is 29.6 Å². The molecule has 0 aliphatic heterocycles. The van der Waals surface area contributed by atoms with Crippen molar-refractivity contribution in [3.8, 4) is 0 Å². The average molecular weight is 270 g/mol. The number of amides is 1. The summed E-state index contributed by atoms with van der Waals surface area (Å²) in [6, 6.07) is 6.50. The predicted octanol–water partition coefficient (Wildman–Crippen LogP) is 3.49. The first kappa shape index (κ1) is 14.4. The Balaban J connectivity index is 1.97. The summed E-state index contributed by atoms with van der Waals surface area (Å²) in [6.07, 6.45) is 5.91. The first-order valence-electron chi connectivity index (χ1n) is 7.07. The number of hydrogen-bond acceptors (Lipinski definition) is 1. The Bertz CT molecular complexity index is 612. The molecule has 0 saturated carbocycles. The van der Waals surface area contributed by atoms with Crippen LogP contribution in [0, 0.1) is 6.92 Å². The standard InChI is InChI=1S/C17H22N2O/c1-4-5-13(3)19-17(20)9-7-14-11-18-16-8-6-12(2)10-15(14)16/h4,6,8,10-11,13,18H,1,5,7,9H2,2-3H3,(H,19,20)/t13-/m1/s1. The van der Waals surface area contributed by atoms with Crippen LogP contribution in [0.1, 0.15) is 30.9 Å². The minimum absolute atomic E-state index is 0.0985. The summed E-state index contributed by atoms with van der Waals surface area (Å²) in [5, 5.41) is 4.20. The van der Waals surface area contributed by atoms with Gasteiger partial charge in [-0.05, 0) is 44.4 Å². The number of fused-ring (bicyclic) bond motifs is 1. The summed E-state index contributed by atoms with van der Waals surface area (Å²) in [4.78, 5) is 15.1. The second-order valence-electron chi connectivity index (χ2n) is 5.36. The van der Waals surface area contributed by atoms with E-state index < -0.39 is 0 Å². The van der Waals surface area contributed by atoms with Crippen LogP contribution in [-0.4, -0.2) is 16.9 Å². The topological polar surface area (TPSA) is 44.9 Å². The molecule has 1 aromatic heterocycles. The van der Waals surface area contributed by atoms with Gasteiger partial charge in [-0.2, -0.15) is 0 Å². The smallest absolute Gasteiger partial charge is 0.220 e. The van der Waals surface area contributed by atoms with Crippen LogP contribution >= 0.6 is 0 Å². The van der Waals surface area contributed by atoms with Crippen LogP contribution in [0.2, 0.25) is 0 Å². The third-order valence-electron chi connectivity index (χ3n) is 3.47. The Morgan fingerprint density at radius 3 is 3.05 bits per heavy atom. The number of hydrogen-bond donors (Lipinski definition) is 2.